The van der Waals surface area contributed by atoms with E-state index in [4.69, 9.17) is 0 Å². The van der Waals surface area contributed by atoms with Crippen LogP contribution in [-0.4, -0.2) is 25.7 Å². The maximum absolute atomic E-state index is 10.4. The third-order valence-electron chi connectivity index (χ3n) is 1.94. The predicted octanol–water partition coefficient (Wildman–Crippen LogP) is 0.901. The molecule has 0 saturated carbocycles. The molecule has 0 N–H and O–H groups in total. The molecule has 0 amide bonds. The average Bonchev–Trinajstić information content (AvgIpc) is 1.86. The molecule has 0 spiro atoms. The molecule has 1 unspecified atom stereocenters. The highest BCUT2D eigenvalue weighted by Crippen LogP contribution is 2.16. The monoisotopic (exact) mass is 164 g/mol. The Bertz CT molecular complexity index is 136. The molecule has 0 aliphatic heterocycles. The number of hydrogen-bond acceptors (Lipinski definition) is 2. The molecule has 10 heavy (non-hydrogen) atoms. The molecule has 0 aromatic carbocycles. The van der Waals surface area contributed by atoms with Gasteiger partial charge in [0, 0.05) is 16.8 Å². The van der Waals surface area contributed by atoms with Crippen molar-refractivity contribution in [3.63, 3.8) is 0 Å². The molecule has 62 valence electrons. The first-order chi connectivity index (χ1) is 4.41. The molecule has 0 heterocycles. The summed E-state index contributed by atoms with van der Waals surface area (Å²) in [7, 11) is 1.58. The first-order valence-electron chi connectivity index (χ1n) is 3.25. The third kappa shape index (κ3) is 2.36. The van der Waals surface area contributed by atoms with Crippen LogP contribution in [0.1, 0.15) is 27.2 Å². The van der Waals surface area contributed by atoms with Gasteiger partial charge in [0.15, 0.2) is 0 Å². The molecule has 0 aromatic rings. The summed E-state index contributed by atoms with van der Waals surface area (Å²) in [6.07, 6.45) is 0.817. The average molecular weight is 164 g/mol. The summed E-state index contributed by atoms with van der Waals surface area (Å²) in [6.45, 7) is 5.74. The molecule has 0 aliphatic rings. The Morgan fingerprint density at radius 3 is 2.10 bits per heavy atom. The maximum Gasteiger partial charge on any atom is 0.0264 e. The third-order valence-corrected chi connectivity index (χ3v) is 2.88. The van der Waals surface area contributed by atoms with E-state index in [0.717, 1.165) is 6.42 Å². The summed E-state index contributed by atoms with van der Waals surface area (Å²) in [5, 5.41) is 0. The van der Waals surface area contributed by atoms with E-state index < -0.39 is 11.3 Å². The van der Waals surface area contributed by atoms with Crippen molar-refractivity contribution in [2.24, 2.45) is 0 Å². The van der Waals surface area contributed by atoms with Crippen LogP contribution < -0.4 is 0 Å². The lowest BCUT2D eigenvalue weighted by Crippen LogP contribution is -2.41. The van der Waals surface area contributed by atoms with Crippen molar-refractivity contribution >= 4 is 11.3 Å². The minimum absolute atomic E-state index is 0.257. The lowest BCUT2D eigenvalue weighted by atomic mass is 10.0. The highest BCUT2D eigenvalue weighted by molar-refractivity contribution is 7.76. The fraction of sp³-hybridized carbons (Fsp3) is 1.00. The van der Waals surface area contributed by atoms with E-state index in [1.807, 2.05) is 20.8 Å². The highest BCUT2D eigenvalue weighted by atomic mass is 32.2. The van der Waals surface area contributed by atoms with Crippen LogP contribution in [0.4, 0.5) is 0 Å². The Hall–Kier alpha value is 0.0700. The molecule has 0 rings (SSSR count). The smallest absolute Gasteiger partial charge is 0.0264 e. The Morgan fingerprint density at radius 2 is 2.00 bits per heavy atom. The van der Waals surface area contributed by atoms with Gasteiger partial charge in [0.1, 0.15) is 0 Å². The van der Waals surface area contributed by atoms with Gasteiger partial charge in [0.25, 0.3) is 0 Å². The van der Waals surface area contributed by atoms with Crippen molar-refractivity contribution in [2.75, 3.05) is 7.05 Å². The molecular weight excluding hydrogens is 150 g/mol. The first kappa shape index (κ1) is 10.1. The van der Waals surface area contributed by atoms with E-state index in [9.17, 15) is 8.76 Å². The number of rotatable bonds is 3. The van der Waals surface area contributed by atoms with Gasteiger partial charge < -0.3 is 4.55 Å². The zero-order valence-electron chi connectivity index (χ0n) is 6.88. The van der Waals surface area contributed by atoms with Crippen LogP contribution in [0.25, 0.3) is 0 Å². The van der Waals surface area contributed by atoms with Gasteiger partial charge in [0.05, 0.1) is 0 Å². The molecule has 3 nitrogen and oxygen atoms in total. The van der Waals surface area contributed by atoms with E-state index in [-0.39, 0.29) is 5.54 Å². The van der Waals surface area contributed by atoms with Crippen molar-refractivity contribution in [1.29, 1.82) is 0 Å². The SMILES string of the molecule is CCC(C)(C)N(C)S(=O)[O-]. The Morgan fingerprint density at radius 1 is 1.60 bits per heavy atom. The van der Waals surface area contributed by atoms with Crippen molar-refractivity contribution in [2.45, 2.75) is 32.7 Å². The highest BCUT2D eigenvalue weighted by Gasteiger charge is 2.21. The quantitative estimate of drug-likeness (QED) is 0.582. The van der Waals surface area contributed by atoms with Gasteiger partial charge in [-0.15, -0.1) is 0 Å². The van der Waals surface area contributed by atoms with Crippen LogP contribution in [-0.2, 0) is 11.3 Å². The van der Waals surface area contributed by atoms with Crippen LogP contribution >= 0.6 is 0 Å². The largest absolute Gasteiger partial charge is 0.760 e. The molecule has 1 atom stereocenters. The second-order valence-electron chi connectivity index (χ2n) is 2.88. The van der Waals surface area contributed by atoms with Crippen LogP contribution in [0.2, 0.25) is 0 Å². The van der Waals surface area contributed by atoms with Gasteiger partial charge >= 0.3 is 0 Å². The summed E-state index contributed by atoms with van der Waals surface area (Å²) in [5.41, 5.74) is -0.257. The van der Waals surface area contributed by atoms with Crippen molar-refractivity contribution in [3.05, 3.63) is 0 Å². The molecule has 4 heteroatoms. The van der Waals surface area contributed by atoms with Crippen LogP contribution in [0, 0.1) is 0 Å². The fourth-order valence-electron chi connectivity index (χ4n) is 0.424. The number of hydrogen-bond donors (Lipinski definition) is 0. The Kier molecular flexibility index (Phi) is 3.48. The van der Waals surface area contributed by atoms with Crippen LogP contribution in [0.3, 0.4) is 0 Å². The van der Waals surface area contributed by atoms with Gasteiger partial charge in [-0.1, -0.05) is 6.92 Å². The van der Waals surface area contributed by atoms with Crippen LogP contribution in [0.15, 0.2) is 0 Å². The Balaban J connectivity index is 4.17. The zero-order valence-corrected chi connectivity index (χ0v) is 7.70. The molecule has 0 bridgehead atoms. The molecule has 0 aliphatic carbocycles. The lowest BCUT2D eigenvalue weighted by Gasteiger charge is -2.35. The minimum Gasteiger partial charge on any atom is -0.760 e. The second kappa shape index (κ2) is 3.46. The van der Waals surface area contributed by atoms with Gasteiger partial charge in [-0.05, 0) is 27.3 Å². The molecule has 0 fully saturated rings. The van der Waals surface area contributed by atoms with Gasteiger partial charge in [0.2, 0.25) is 0 Å². The molecule has 0 saturated heterocycles. The molecule has 0 radical (unpaired) electrons. The lowest BCUT2D eigenvalue weighted by molar-refractivity contribution is 0.250. The maximum atomic E-state index is 10.4. The second-order valence-corrected chi connectivity index (χ2v) is 3.86. The van der Waals surface area contributed by atoms with E-state index >= 15 is 0 Å². The topological polar surface area (TPSA) is 43.4 Å². The first-order valence-corrected chi connectivity index (χ1v) is 4.28. The Labute approximate surface area is 64.8 Å². The van der Waals surface area contributed by atoms with Gasteiger partial charge in [-0.2, -0.15) is 0 Å². The van der Waals surface area contributed by atoms with Crippen LogP contribution in [0.5, 0.6) is 0 Å². The minimum atomic E-state index is -2.10. The summed E-state index contributed by atoms with van der Waals surface area (Å²) < 4.78 is 22.2. The summed E-state index contributed by atoms with van der Waals surface area (Å²) >= 11 is -2.10. The van der Waals surface area contributed by atoms with Gasteiger partial charge in [-0.3, -0.25) is 4.21 Å². The summed E-state index contributed by atoms with van der Waals surface area (Å²) in [4.78, 5) is 0. The van der Waals surface area contributed by atoms with Crippen molar-refractivity contribution in [1.82, 2.24) is 4.31 Å². The van der Waals surface area contributed by atoms with E-state index in [2.05, 4.69) is 0 Å². The van der Waals surface area contributed by atoms with Gasteiger partial charge in [-0.25, -0.2) is 4.31 Å². The van der Waals surface area contributed by atoms with Crippen molar-refractivity contribution in [3.8, 4) is 0 Å². The molecule has 0 aromatic heterocycles. The fourth-order valence-corrected chi connectivity index (χ4v) is 0.957. The van der Waals surface area contributed by atoms with E-state index in [1.165, 1.54) is 4.31 Å². The van der Waals surface area contributed by atoms with Crippen molar-refractivity contribution < 1.29 is 8.76 Å². The van der Waals surface area contributed by atoms with E-state index in [0.29, 0.717) is 0 Å². The standard InChI is InChI=1S/C6H15NO2S/c1-5-6(2,3)7(4)10(8)9/h5H2,1-4H3,(H,8,9)/p-1. The number of nitrogens with zero attached hydrogens (tertiary/aromatic N) is 1. The summed E-state index contributed by atoms with van der Waals surface area (Å²) in [6, 6.07) is 0. The molecular formula is C6H14NO2S-. The zero-order chi connectivity index (χ0) is 8.36. The normalized spacial score (nSPS) is 15.8. The van der Waals surface area contributed by atoms with E-state index in [1.54, 1.807) is 7.05 Å². The summed E-state index contributed by atoms with van der Waals surface area (Å²) in [5.74, 6) is 0. The predicted molar refractivity (Wildman–Crippen MR) is 41.1 cm³/mol.